The van der Waals surface area contributed by atoms with Crippen molar-refractivity contribution in [3.8, 4) is 11.8 Å². The van der Waals surface area contributed by atoms with Gasteiger partial charge in [0.15, 0.2) is 0 Å². The molecule has 0 spiro atoms. The molecule has 114 valence electrons. The molecule has 0 N–H and O–H groups in total. The van der Waals surface area contributed by atoms with Crippen molar-refractivity contribution in [1.29, 1.82) is 5.26 Å². The Morgan fingerprint density at radius 1 is 1.33 bits per heavy atom. The fraction of sp³-hybridized carbons (Fsp3) is 0.588. The van der Waals surface area contributed by atoms with E-state index in [4.69, 9.17) is 10.00 Å². The lowest BCUT2D eigenvalue weighted by atomic mass is 9.97. The summed E-state index contributed by atoms with van der Waals surface area (Å²) in [6.07, 6.45) is 2.58. The van der Waals surface area contributed by atoms with Crippen LogP contribution in [0.2, 0.25) is 0 Å². The van der Waals surface area contributed by atoms with Crippen LogP contribution in [-0.2, 0) is 0 Å². The lowest BCUT2D eigenvalue weighted by Gasteiger charge is -2.31. The molecule has 1 aromatic carbocycles. The highest BCUT2D eigenvalue weighted by Gasteiger charge is 2.17. The van der Waals surface area contributed by atoms with Gasteiger partial charge in [-0.25, -0.2) is 0 Å². The van der Waals surface area contributed by atoms with Gasteiger partial charge in [-0.1, -0.05) is 12.1 Å². The van der Waals surface area contributed by atoms with Crippen LogP contribution in [0.5, 0.6) is 5.75 Å². The number of hydrogen-bond donors (Lipinski definition) is 0. The molecule has 0 aliphatic carbocycles. The molecular weight excluding hydrogens is 262 g/mol. The van der Waals surface area contributed by atoms with Gasteiger partial charge >= 0.3 is 0 Å². The van der Waals surface area contributed by atoms with Crippen LogP contribution in [0.15, 0.2) is 24.3 Å². The minimum atomic E-state index is 0.607. The molecule has 1 fully saturated rings. The largest absolute Gasteiger partial charge is 0.491 e. The summed E-state index contributed by atoms with van der Waals surface area (Å²) in [7, 11) is 4.35. The zero-order chi connectivity index (χ0) is 15.1. The predicted octanol–water partition coefficient (Wildman–Crippen LogP) is 2.21. The second-order valence-corrected chi connectivity index (χ2v) is 5.97. The number of hydrogen-bond acceptors (Lipinski definition) is 4. The third-order valence-electron chi connectivity index (χ3n) is 4.15. The van der Waals surface area contributed by atoms with E-state index >= 15 is 0 Å². The number of likely N-dealkylation sites (N-methyl/N-ethyl adjacent to an activating group) is 1. The molecule has 0 bridgehead atoms. The summed E-state index contributed by atoms with van der Waals surface area (Å²) in [5, 5.41) is 9.02. The number of nitrogens with zero attached hydrogens (tertiary/aromatic N) is 3. The Morgan fingerprint density at radius 3 is 2.76 bits per heavy atom. The number of benzene rings is 1. The summed E-state index contributed by atoms with van der Waals surface area (Å²) in [6, 6.07) is 9.57. The second-order valence-electron chi connectivity index (χ2n) is 5.97. The molecular formula is C17H25N3O. The van der Waals surface area contributed by atoms with Crippen molar-refractivity contribution in [2.75, 3.05) is 46.9 Å². The molecule has 0 amide bonds. The summed E-state index contributed by atoms with van der Waals surface area (Å²) in [5.74, 6) is 1.49. The summed E-state index contributed by atoms with van der Waals surface area (Å²) < 4.78 is 5.73. The SMILES string of the molecule is CN1CCC(CN(C)CCOc2ccccc2C#N)CC1. The van der Waals surface area contributed by atoms with Gasteiger partial charge < -0.3 is 14.5 Å². The topological polar surface area (TPSA) is 39.5 Å². The lowest BCUT2D eigenvalue weighted by Crippen LogP contribution is -2.36. The molecule has 4 nitrogen and oxygen atoms in total. The first-order chi connectivity index (χ1) is 10.2. The number of rotatable bonds is 6. The highest BCUT2D eigenvalue weighted by molar-refractivity contribution is 5.42. The molecule has 21 heavy (non-hydrogen) atoms. The van der Waals surface area contributed by atoms with Crippen LogP contribution in [0, 0.1) is 17.2 Å². The molecule has 0 unspecified atom stereocenters. The summed E-state index contributed by atoms with van der Waals surface area (Å²) in [6.45, 7) is 5.08. The zero-order valence-corrected chi connectivity index (χ0v) is 13.1. The van der Waals surface area contributed by atoms with E-state index in [0.717, 1.165) is 19.0 Å². The van der Waals surface area contributed by atoms with Crippen molar-refractivity contribution in [3.63, 3.8) is 0 Å². The molecule has 4 heteroatoms. The maximum atomic E-state index is 9.02. The minimum Gasteiger partial charge on any atom is -0.491 e. The van der Waals surface area contributed by atoms with E-state index in [-0.39, 0.29) is 0 Å². The van der Waals surface area contributed by atoms with Crippen LogP contribution >= 0.6 is 0 Å². The Kier molecular flexibility index (Phi) is 6.04. The van der Waals surface area contributed by atoms with Gasteiger partial charge in [0.2, 0.25) is 0 Å². The first-order valence-corrected chi connectivity index (χ1v) is 7.68. The highest BCUT2D eigenvalue weighted by Crippen LogP contribution is 2.18. The Labute approximate surface area is 127 Å². The quantitative estimate of drug-likeness (QED) is 0.804. The van der Waals surface area contributed by atoms with E-state index in [1.807, 2.05) is 18.2 Å². The highest BCUT2D eigenvalue weighted by atomic mass is 16.5. The van der Waals surface area contributed by atoms with Crippen molar-refractivity contribution in [3.05, 3.63) is 29.8 Å². The Morgan fingerprint density at radius 2 is 2.05 bits per heavy atom. The van der Waals surface area contributed by atoms with Crippen LogP contribution < -0.4 is 4.74 Å². The third-order valence-corrected chi connectivity index (χ3v) is 4.15. The second kappa shape index (κ2) is 8.02. The summed E-state index contributed by atoms with van der Waals surface area (Å²) in [4.78, 5) is 4.74. The standard InChI is InChI=1S/C17H25N3O/c1-19-9-7-15(8-10-19)14-20(2)11-12-21-17-6-4-3-5-16(17)13-18/h3-6,15H,7-12,14H2,1-2H3. The third kappa shape index (κ3) is 5.04. The lowest BCUT2D eigenvalue weighted by molar-refractivity contribution is 0.162. The van der Waals surface area contributed by atoms with E-state index in [1.165, 1.54) is 25.9 Å². The molecule has 0 saturated carbocycles. The zero-order valence-electron chi connectivity index (χ0n) is 13.1. The molecule has 1 aliphatic rings. The van der Waals surface area contributed by atoms with Crippen molar-refractivity contribution in [2.24, 2.45) is 5.92 Å². The van der Waals surface area contributed by atoms with Gasteiger partial charge in [0.25, 0.3) is 0 Å². The van der Waals surface area contributed by atoms with E-state index in [9.17, 15) is 0 Å². The molecule has 1 aromatic rings. The van der Waals surface area contributed by atoms with Crippen molar-refractivity contribution >= 4 is 0 Å². The number of nitriles is 1. The molecule has 1 saturated heterocycles. The van der Waals surface area contributed by atoms with Gasteiger partial charge in [-0.3, -0.25) is 0 Å². The maximum Gasteiger partial charge on any atom is 0.137 e. The van der Waals surface area contributed by atoms with Crippen LogP contribution in [0.3, 0.4) is 0 Å². The maximum absolute atomic E-state index is 9.02. The Hall–Kier alpha value is -1.57. The average Bonchev–Trinajstić information content (AvgIpc) is 2.50. The first-order valence-electron chi connectivity index (χ1n) is 7.68. The number of ether oxygens (including phenoxy) is 1. The Balaban J connectivity index is 1.69. The first kappa shape index (κ1) is 15.8. The fourth-order valence-corrected chi connectivity index (χ4v) is 2.77. The monoisotopic (exact) mass is 287 g/mol. The van der Waals surface area contributed by atoms with E-state index in [0.29, 0.717) is 17.9 Å². The minimum absolute atomic E-state index is 0.607. The van der Waals surface area contributed by atoms with Crippen molar-refractivity contribution < 1.29 is 4.74 Å². The molecule has 0 aromatic heterocycles. The molecule has 1 aliphatic heterocycles. The van der Waals surface area contributed by atoms with Crippen LogP contribution in [-0.4, -0.2) is 56.7 Å². The van der Waals surface area contributed by atoms with Crippen molar-refractivity contribution in [2.45, 2.75) is 12.8 Å². The van der Waals surface area contributed by atoms with Gasteiger partial charge in [-0.05, 0) is 58.1 Å². The fourth-order valence-electron chi connectivity index (χ4n) is 2.77. The van der Waals surface area contributed by atoms with Crippen LogP contribution in [0.1, 0.15) is 18.4 Å². The molecule has 1 heterocycles. The van der Waals surface area contributed by atoms with E-state index < -0.39 is 0 Å². The molecule has 0 atom stereocenters. The normalized spacial score (nSPS) is 16.9. The van der Waals surface area contributed by atoms with E-state index in [2.05, 4.69) is 30.0 Å². The van der Waals surface area contributed by atoms with Gasteiger partial charge in [0, 0.05) is 13.1 Å². The van der Waals surface area contributed by atoms with Crippen LogP contribution in [0.4, 0.5) is 0 Å². The molecule has 2 rings (SSSR count). The van der Waals surface area contributed by atoms with Gasteiger partial charge in [0.05, 0.1) is 5.56 Å². The number of para-hydroxylation sites is 1. The Bertz CT molecular complexity index is 475. The van der Waals surface area contributed by atoms with Gasteiger partial charge in [0.1, 0.15) is 18.4 Å². The number of piperidine rings is 1. The van der Waals surface area contributed by atoms with Crippen molar-refractivity contribution in [1.82, 2.24) is 9.80 Å². The number of likely N-dealkylation sites (tertiary alicyclic amines) is 1. The average molecular weight is 287 g/mol. The summed E-state index contributed by atoms with van der Waals surface area (Å²) in [5.41, 5.74) is 0.607. The van der Waals surface area contributed by atoms with Gasteiger partial charge in [-0.2, -0.15) is 5.26 Å². The van der Waals surface area contributed by atoms with E-state index in [1.54, 1.807) is 6.07 Å². The predicted molar refractivity (Wildman–Crippen MR) is 84.4 cm³/mol. The summed E-state index contributed by atoms with van der Waals surface area (Å²) >= 11 is 0. The molecule has 0 radical (unpaired) electrons. The smallest absolute Gasteiger partial charge is 0.137 e. The van der Waals surface area contributed by atoms with Crippen LogP contribution in [0.25, 0.3) is 0 Å². The van der Waals surface area contributed by atoms with Gasteiger partial charge in [-0.15, -0.1) is 0 Å².